The fraction of sp³-hybridized carbons (Fsp3) is 0.571. The van der Waals surface area contributed by atoms with Gasteiger partial charge in [-0.05, 0) is 57.2 Å². The van der Waals surface area contributed by atoms with Crippen LogP contribution >= 0.6 is 11.6 Å². The Kier molecular flexibility index (Phi) is 14.6. The van der Waals surface area contributed by atoms with Crippen LogP contribution in [-0.4, -0.2) is 76.0 Å². The first-order valence-electron chi connectivity index (χ1n) is 13.5. The van der Waals surface area contributed by atoms with Gasteiger partial charge in [0.1, 0.15) is 37.2 Å². The van der Waals surface area contributed by atoms with E-state index in [1.54, 1.807) is 36.4 Å². The second kappa shape index (κ2) is 17.6. The molecule has 2 rings (SSSR count). The average Bonchev–Trinajstić information content (AvgIpc) is 3.17. The maximum Gasteiger partial charge on any atom is 0.328 e. The third-order valence-corrected chi connectivity index (χ3v) is 6.73. The number of halogens is 1. The standard InChI is InChI=1S/C28H39ClN2O10/c1-18(41-31(37)38)16-40-28(36)19(2)30-27(35)11-6-4-3-5-10-23-24(26(34)15-25(23)33)13-12-21(32)17-39-22-9-7-8-20(29)14-22/h3,5,7-9,12-14,18-19,21,23-26,32-34H,4,6,10-11,15-17H2,1-2H3,(H,30,35)/b5-3-,13-12+/t18?,19?,21-,23-,24-,25+,26-/m1/s1. The molecule has 1 fully saturated rings. The van der Waals surface area contributed by atoms with E-state index >= 15 is 0 Å². The minimum absolute atomic E-state index is 0.0123. The monoisotopic (exact) mass is 598 g/mol. The average molecular weight is 599 g/mol. The third-order valence-electron chi connectivity index (χ3n) is 6.50. The lowest BCUT2D eigenvalue weighted by Crippen LogP contribution is -2.40. The number of benzene rings is 1. The van der Waals surface area contributed by atoms with Crippen molar-refractivity contribution in [3.8, 4) is 5.75 Å². The minimum Gasteiger partial charge on any atom is -0.491 e. The molecule has 2 unspecified atom stereocenters. The zero-order chi connectivity index (χ0) is 30.4. The number of allylic oxidation sites excluding steroid dienone is 2. The van der Waals surface area contributed by atoms with Gasteiger partial charge >= 0.3 is 5.97 Å². The van der Waals surface area contributed by atoms with Crippen LogP contribution in [-0.2, 0) is 19.2 Å². The van der Waals surface area contributed by atoms with E-state index in [4.69, 9.17) is 21.1 Å². The van der Waals surface area contributed by atoms with Gasteiger partial charge in [0.2, 0.25) is 5.91 Å². The summed E-state index contributed by atoms with van der Waals surface area (Å²) in [6, 6.07) is 5.92. The van der Waals surface area contributed by atoms with Crippen LogP contribution in [0.4, 0.5) is 0 Å². The van der Waals surface area contributed by atoms with Crippen molar-refractivity contribution < 1.29 is 44.3 Å². The van der Waals surface area contributed by atoms with Gasteiger partial charge in [-0.3, -0.25) is 4.79 Å². The number of hydrogen-bond donors (Lipinski definition) is 4. The van der Waals surface area contributed by atoms with Crippen LogP contribution in [0.3, 0.4) is 0 Å². The SMILES string of the molecule is CC(COC(=O)C(C)NC(=O)CCC/C=C\C[C@@H]1[C@@H](/C=C/[C@@H](O)COc2cccc(Cl)c2)[C@H](O)C[C@@H]1O)O[N+](=O)[O-]. The van der Waals surface area contributed by atoms with Gasteiger partial charge in [0, 0.05) is 23.8 Å². The maximum atomic E-state index is 12.1. The first-order chi connectivity index (χ1) is 19.5. The largest absolute Gasteiger partial charge is 0.491 e. The summed E-state index contributed by atoms with van der Waals surface area (Å²) in [6.45, 7) is 2.53. The van der Waals surface area contributed by atoms with E-state index in [0.717, 1.165) is 0 Å². The van der Waals surface area contributed by atoms with Crippen LogP contribution in [0.15, 0.2) is 48.6 Å². The second-order valence-electron chi connectivity index (χ2n) is 9.99. The molecule has 1 amide bonds. The Hall–Kier alpha value is -3.19. The van der Waals surface area contributed by atoms with Crippen LogP contribution < -0.4 is 10.1 Å². The van der Waals surface area contributed by atoms with Gasteiger partial charge in [-0.15, -0.1) is 10.1 Å². The van der Waals surface area contributed by atoms with Crippen LogP contribution in [0.25, 0.3) is 0 Å². The predicted octanol–water partition coefficient (Wildman–Crippen LogP) is 2.76. The summed E-state index contributed by atoms with van der Waals surface area (Å²) >= 11 is 5.93. The number of nitrogens with zero attached hydrogens (tertiary/aromatic N) is 1. The van der Waals surface area contributed by atoms with Gasteiger partial charge in [0.25, 0.3) is 5.09 Å². The number of carbonyl (C=O) groups is 2. The lowest BCUT2D eigenvalue weighted by Gasteiger charge is -2.19. The van der Waals surface area contributed by atoms with E-state index in [9.17, 15) is 35.0 Å². The van der Waals surface area contributed by atoms with Gasteiger partial charge < -0.3 is 34.9 Å². The molecule has 12 nitrogen and oxygen atoms in total. The molecule has 1 aromatic carbocycles. The van der Waals surface area contributed by atoms with E-state index < -0.39 is 41.5 Å². The summed E-state index contributed by atoms with van der Waals surface area (Å²) in [5.41, 5.74) is 0. The number of amides is 1. The molecule has 0 heterocycles. The van der Waals surface area contributed by atoms with Crippen molar-refractivity contribution in [2.24, 2.45) is 11.8 Å². The van der Waals surface area contributed by atoms with Gasteiger partial charge in [-0.2, -0.15) is 0 Å². The highest BCUT2D eigenvalue weighted by molar-refractivity contribution is 6.30. The normalized spacial score (nSPS) is 22.8. The molecule has 0 spiro atoms. The molecule has 13 heteroatoms. The first kappa shape index (κ1) is 34.0. The maximum absolute atomic E-state index is 12.1. The lowest BCUT2D eigenvalue weighted by molar-refractivity contribution is -0.767. The summed E-state index contributed by atoms with van der Waals surface area (Å²) < 4.78 is 10.4. The summed E-state index contributed by atoms with van der Waals surface area (Å²) in [6.07, 6.45) is 5.87. The molecule has 4 N–H and O–H groups in total. The van der Waals surface area contributed by atoms with Crippen LogP contribution in [0.2, 0.25) is 5.02 Å². The Morgan fingerprint density at radius 3 is 2.68 bits per heavy atom. The van der Waals surface area contributed by atoms with Gasteiger partial charge in [0.05, 0.1) is 12.2 Å². The molecule has 0 aliphatic heterocycles. The van der Waals surface area contributed by atoms with Gasteiger partial charge in [-0.25, -0.2) is 4.79 Å². The number of esters is 1. The quantitative estimate of drug-likeness (QED) is 0.0685. The van der Waals surface area contributed by atoms with Crippen molar-refractivity contribution in [1.82, 2.24) is 5.32 Å². The van der Waals surface area contributed by atoms with Crippen LogP contribution in [0, 0.1) is 22.0 Å². The van der Waals surface area contributed by atoms with Crippen molar-refractivity contribution in [3.63, 3.8) is 0 Å². The van der Waals surface area contributed by atoms with Crippen molar-refractivity contribution in [1.29, 1.82) is 0 Å². The number of ether oxygens (including phenoxy) is 2. The van der Waals surface area contributed by atoms with Crippen molar-refractivity contribution in [3.05, 3.63) is 63.7 Å². The highest BCUT2D eigenvalue weighted by atomic mass is 35.5. The Morgan fingerprint density at radius 2 is 1.98 bits per heavy atom. The number of nitrogens with one attached hydrogen (secondary N) is 1. The Labute approximate surface area is 244 Å². The molecular formula is C28H39ClN2O10. The van der Waals surface area contributed by atoms with E-state index in [1.807, 2.05) is 12.2 Å². The van der Waals surface area contributed by atoms with Crippen molar-refractivity contribution in [2.75, 3.05) is 13.2 Å². The number of aliphatic hydroxyl groups is 3. The van der Waals surface area contributed by atoms with Crippen LogP contribution in [0.1, 0.15) is 46.0 Å². The summed E-state index contributed by atoms with van der Waals surface area (Å²) in [5.74, 6) is -1.09. The Bertz CT molecular complexity index is 1050. The number of unbranched alkanes of at least 4 members (excludes halogenated alkanes) is 1. The fourth-order valence-electron chi connectivity index (χ4n) is 4.38. The van der Waals surface area contributed by atoms with E-state index in [1.165, 1.54) is 13.8 Å². The first-order valence-corrected chi connectivity index (χ1v) is 13.9. The second-order valence-corrected chi connectivity index (χ2v) is 10.4. The number of hydrogen-bond acceptors (Lipinski definition) is 10. The smallest absolute Gasteiger partial charge is 0.328 e. The number of carbonyl (C=O) groups excluding carboxylic acids is 2. The number of aliphatic hydroxyl groups excluding tert-OH is 3. The summed E-state index contributed by atoms with van der Waals surface area (Å²) in [5, 5.41) is 43.5. The molecule has 0 radical (unpaired) electrons. The van der Waals surface area contributed by atoms with Crippen molar-refractivity contribution >= 4 is 23.5 Å². The molecule has 7 atom stereocenters. The molecule has 228 valence electrons. The van der Waals surface area contributed by atoms with Gasteiger partial charge in [0.15, 0.2) is 0 Å². The molecule has 1 saturated carbocycles. The Balaban J connectivity index is 1.70. The molecule has 1 aromatic rings. The molecule has 1 aliphatic carbocycles. The van der Waals surface area contributed by atoms with Gasteiger partial charge in [-0.1, -0.05) is 42.0 Å². The minimum atomic E-state index is -0.972. The van der Waals surface area contributed by atoms with E-state index in [0.29, 0.717) is 30.0 Å². The van der Waals surface area contributed by atoms with E-state index in [-0.39, 0.29) is 43.8 Å². The molecule has 1 aliphatic rings. The lowest BCUT2D eigenvalue weighted by atomic mass is 9.89. The zero-order valence-electron chi connectivity index (χ0n) is 23.1. The predicted molar refractivity (Wildman–Crippen MR) is 149 cm³/mol. The van der Waals surface area contributed by atoms with Crippen LogP contribution in [0.5, 0.6) is 5.75 Å². The summed E-state index contributed by atoms with van der Waals surface area (Å²) in [4.78, 5) is 38.6. The molecule has 0 aromatic heterocycles. The molecule has 41 heavy (non-hydrogen) atoms. The third kappa shape index (κ3) is 12.9. The molecule has 0 bridgehead atoms. The van der Waals surface area contributed by atoms with Crippen molar-refractivity contribution in [2.45, 2.75) is 76.4 Å². The molecular weight excluding hydrogens is 560 g/mol. The topological polar surface area (TPSA) is 178 Å². The Morgan fingerprint density at radius 1 is 1.22 bits per heavy atom. The number of rotatable bonds is 17. The highest BCUT2D eigenvalue weighted by Gasteiger charge is 2.39. The fourth-order valence-corrected chi connectivity index (χ4v) is 4.56. The zero-order valence-corrected chi connectivity index (χ0v) is 23.9. The highest BCUT2D eigenvalue weighted by Crippen LogP contribution is 2.36. The van der Waals surface area contributed by atoms with E-state index in [2.05, 4.69) is 10.2 Å². The summed E-state index contributed by atoms with van der Waals surface area (Å²) in [7, 11) is 0. The molecule has 0 saturated heterocycles.